The van der Waals surface area contributed by atoms with E-state index in [1.165, 1.54) is 23.8 Å². The molecule has 3 heterocycles. The van der Waals surface area contributed by atoms with Crippen LogP contribution < -0.4 is 10.9 Å². The Hall–Kier alpha value is -3.76. The minimum Gasteiger partial charge on any atom is -0.506 e. The maximum Gasteiger partial charge on any atom is 0.268 e. The fraction of sp³-hybridized carbons (Fsp3) is 0.370. The van der Waals surface area contributed by atoms with Crippen LogP contribution in [0.2, 0.25) is 0 Å². The number of hydrogen-bond acceptors (Lipinski definition) is 7. The van der Waals surface area contributed by atoms with E-state index in [1.807, 2.05) is 0 Å². The Bertz CT molecular complexity index is 1380. The molecule has 0 radical (unpaired) electrons. The number of fused-ring (bicyclic) bond motifs is 1. The molecule has 9 nitrogen and oxygen atoms in total. The molecule has 1 amide bonds. The molecule has 1 fully saturated rings. The number of carbonyl (C=O) groups is 1. The molecule has 0 unspecified atom stereocenters. The van der Waals surface area contributed by atoms with Crippen LogP contribution >= 0.6 is 0 Å². The number of nitrogens with zero attached hydrogens (tertiary/aromatic N) is 3. The molecule has 0 atom stereocenters. The predicted octanol–water partition coefficient (Wildman–Crippen LogP) is 2.91. The van der Waals surface area contributed by atoms with Gasteiger partial charge in [-0.15, -0.1) is 0 Å². The number of benzene rings is 1. The molecule has 1 saturated heterocycles. The van der Waals surface area contributed by atoms with Crippen molar-refractivity contribution in [3.8, 4) is 16.9 Å². The maximum absolute atomic E-state index is 13.6. The molecule has 0 aliphatic carbocycles. The molecule has 1 aliphatic heterocycles. The topological polar surface area (TPSA) is 106 Å². The summed E-state index contributed by atoms with van der Waals surface area (Å²) < 4.78 is 25.4. The Morgan fingerprint density at radius 3 is 2.54 bits per heavy atom. The van der Waals surface area contributed by atoms with Crippen molar-refractivity contribution in [2.75, 3.05) is 40.0 Å². The minimum absolute atomic E-state index is 0.233. The predicted molar refractivity (Wildman–Crippen MR) is 138 cm³/mol. The number of rotatable bonds is 8. The zero-order chi connectivity index (χ0) is 26.7. The van der Waals surface area contributed by atoms with E-state index in [4.69, 9.17) is 9.47 Å². The molecule has 10 heteroatoms. The van der Waals surface area contributed by atoms with Gasteiger partial charge in [0, 0.05) is 37.9 Å². The Labute approximate surface area is 214 Å². The van der Waals surface area contributed by atoms with Gasteiger partial charge in [-0.1, -0.05) is 18.7 Å². The van der Waals surface area contributed by atoms with Crippen LogP contribution in [0.25, 0.3) is 22.2 Å². The van der Waals surface area contributed by atoms with E-state index < -0.39 is 28.3 Å². The number of pyridine rings is 2. The fourth-order valence-corrected chi connectivity index (χ4v) is 4.26. The average Bonchev–Trinajstić information content (AvgIpc) is 2.88. The van der Waals surface area contributed by atoms with E-state index in [-0.39, 0.29) is 29.2 Å². The minimum atomic E-state index is -1.01. The number of nitrogens with one attached hydrogen (secondary N) is 1. The van der Waals surface area contributed by atoms with Gasteiger partial charge in [0.2, 0.25) is 0 Å². The van der Waals surface area contributed by atoms with Crippen molar-refractivity contribution >= 4 is 16.9 Å². The van der Waals surface area contributed by atoms with Crippen LogP contribution in [0, 0.1) is 5.82 Å². The smallest absolute Gasteiger partial charge is 0.268 e. The van der Waals surface area contributed by atoms with Gasteiger partial charge in [0.05, 0.1) is 31.2 Å². The van der Waals surface area contributed by atoms with E-state index in [2.05, 4.69) is 21.8 Å². The molecule has 1 aromatic carbocycles. The number of hydrogen-bond donors (Lipinski definition) is 2. The summed E-state index contributed by atoms with van der Waals surface area (Å²) in [5.41, 5.74) is -0.544. The second-order valence-electron chi connectivity index (χ2n) is 9.44. The molecule has 0 saturated carbocycles. The quantitative estimate of drug-likeness (QED) is 0.449. The van der Waals surface area contributed by atoms with Crippen LogP contribution in [0.15, 0.2) is 53.7 Å². The third-order valence-corrected chi connectivity index (χ3v) is 6.59. The number of aromatic hydroxyl groups is 1. The highest BCUT2D eigenvalue weighted by Crippen LogP contribution is 2.30. The van der Waals surface area contributed by atoms with Gasteiger partial charge >= 0.3 is 0 Å². The normalized spacial score (nSPS) is 14.5. The van der Waals surface area contributed by atoms with Crippen molar-refractivity contribution in [1.29, 1.82) is 0 Å². The second kappa shape index (κ2) is 10.7. The summed E-state index contributed by atoms with van der Waals surface area (Å²) in [4.78, 5) is 33.6. The van der Waals surface area contributed by atoms with Crippen molar-refractivity contribution in [3.05, 3.63) is 70.6 Å². The molecule has 2 N–H and O–H groups in total. The van der Waals surface area contributed by atoms with E-state index in [0.717, 1.165) is 13.1 Å². The second-order valence-corrected chi connectivity index (χ2v) is 9.44. The third kappa shape index (κ3) is 5.50. The van der Waals surface area contributed by atoms with Crippen molar-refractivity contribution in [1.82, 2.24) is 19.8 Å². The Morgan fingerprint density at radius 2 is 1.89 bits per heavy atom. The van der Waals surface area contributed by atoms with E-state index in [1.54, 1.807) is 38.2 Å². The summed E-state index contributed by atoms with van der Waals surface area (Å²) in [6.45, 7) is 10.6. The van der Waals surface area contributed by atoms with Crippen LogP contribution in [0.5, 0.6) is 5.75 Å². The number of ether oxygens (including phenoxy) is 2. The van der Waals surface area contributed by atoms with Crippen molar-refractivity contribution in [2.24, 2.45) is 0 Å². The SMILES string of the molecule is C=C(OC)C(C)(C)NC(=O)c1c(O)c2cc(-c3ccc(F)cc3)cnc2n(CCN2CCOCC2)c1=O. The molecule has 2 aromatic heterocycles. The summed E-state index contributed by atoms with van der Waals surface area (Å²) in [5.74, 6) is -1.33. The number of methoxy groups -OCH3 is 1. The lowest BCUT2D eigenvalue weighted by atomic mass is 10.0. The highest BCUT2D eigenvalue weighted by atomic mass is 19.1. The first-order chi connectivity index (χ1) is 17.6. The first-order valence-corrected chi connectivity index (χ1v) is 12.0. The van der Waals surface area contributed by atoms with Gasteiger partial charge in [0.25, 0.3) is 11.5 Å². The summed E-state index contributed by atoms with van der Waals surface area (Å²) >= 11 is 0. The van der Waals surface area contributed by atoms with Crippen LogP contribution in [-0.2, 0) is 16.0 Å². The number of aromatic nitrogens is 2. The third-order valence-electron chi connectivity index (χ3n) is 6.59. The highest BCUT2D eigenvalue weighted by Gasteiger charge is 2.30. The summed E-state index contributed by atoms with van der Waals surface area (Å²) in [6.07, 6.45) is 1.56. The Balaban J connectivity index is 1.83. The lowest BCUT2D eigenvalue weighted by molar-refractivity contribution is 0.0364. The Morgan fingerprint density at radius 1 is 1.22 bits per heavy atom. The van der Waals surface area contributed by atoms with Crippen LogP contribution in [0.4, 0.5) is 4.39 Å². The first-order valence-electron chi connectivity index (χ1n) is 12.0. The van der Waals surface area contributed by atoms with E-state index >= 15 is 0 Å². The van der Waals surface area contributed by atoms with Crippen molar-refractivity contribution < 1.29 is 23.8 Å². The largest absolute Gasteiger partial charge is 0.506 e. The maximum atomic E-state index is 13.6. The molecule has 0 spiro atoms. The number of amides is 1. The lowest BCUT2D eigenvalue weighted by Gasteiger charge is -2.28. The lowest BCUT2D eigenvalue weighted by Crippen LogP contribution is -2.47. The number of carbonyl (C=O) groups excluding carboxylic acids is 1. The first kappa shape index (κ1) is 26.3. The van der Waals surface area contributed by atoms with Gasteiger partial charge in [-0.2, -0.15) is 0 Å². The molecular formula is C27H31FN4O5. The molecule has 3 aromatic rings. The summed E-state index contributed by atoms with van der Waals surface area (Å²) in [7, 11) is 1.44. The molecular weight excluding hydrogens is 479 g/mol. The van der Waals surface area contributed by atoms with E-state index in [0.29, 0.717) is 30.9 Å². The Kier molecular flexibility index (Phi) is 7.60. The zero-order valence-corrected chi connectivity index (χ0v) is 21.2. The van der Waals surface area contributed by atoms with E-state index in [9.17, 15) is 19.1 Å². The van der Waals surface area contributed by atoms with Gasteiger partial charge in [-0.3, -0.25) is 19.1 Å². The van der Waals surface area contributed by atoms with Crippen LogP contribution in [-0.4, -0.2) is 71.0 Å². The molecule has 196 valence electrons. The monoisotopic (exact) mass is 510 g/mol. The van der Waals surface area contributed by atoms with Gasteiger partial charge in [0.1, 0.15) is 28.5 Å². The zero-order valence-electron chi connectivity index (χ0n) is 21.2. The van der Waals surface area contributed by atoms with Crippen molar-refractivity contribution in [2.45, 2.75) is 25.9 Å². The van der Waals surface area contributed by atoms with Gasteiger partial charge < -0.3 is 19.9 Å². The molecule has 0 bridgehead atoms. The highest BCUT2D eigenvalue weighted by molar-refractivity contribution is 6.02. The molecule has 37 heavy (non-hydrogen) atoms. The fourth-order valence-electron chi connectivity index (χ4n) is 4.26. The average molecular weight is 511 g/mol. The van der Waals surface area contributed by atoms with Crippen LogP contribution in [0.3, 0.4) is 0 Å². The van der Waals surface area contributed by atoms with Gasteiger partial charge in [-0.25, -0.2) is 9.37 Å². The van der Waals surface area contributed by atoms with Crippen molar-refractivity contribution in [3.63, 3.8) is 0 Å². The van der Waals surface area contributed by atoms with Crippen LogP contribution in [0.1, 0.15) is 24.2 Å². The number of morpholine rings is 1. The molecule has 4 rings (SSSR count). The standard InChI is InChI=1S/C27H31FN4O5/c1-17(36-4)27(2,3)30-25(34)22-23(33)21-15-19(18-5-7-20(28)8-6-18)16-29-24(21)32(26(22)35)10-9-31-11-13-37-14-12-31/h5-8,15-16,33H,1,9-14H2,2-4H3,(H,30,34). The van der Waals surface area contributed by atoms with Gasteiger partial charge in [0.15, 0.2) is 0 Å². The number of halogens is 1. The molecule has 1 aliphatic rings. The summed E-state index contributed by atoms with van der Waals surface area (Å²) in [6, 6.07) is 7.48. The summed E-state index contributed by atoms with van der Waals surface area (Å²) in [5, 5.41) is 14.2. The van der Waals surface area contributed by atoms with Gasteiger partial charge in [-0.05, 0) is 37.6 Å².